The third-order valence-corrected chi connectivity index (χ3v) is 10.5. The number of nitrogens with zero attached hydrogens (tertiary/aromatic N) is 1. The van der Waals surface area contributed by atoms with Gasteiger partial charge in [0.15, 0.2) is 41.8 Å². The Labute approximate surface area is 323 Å². The first kappa shape index (κ1) is 40.4. The molecule has 4 aromatic carbocycles. The minimum Gasteiger partial charge on any atom is -0.387 e. The number of hydrogen-bond donors (Lipinski definition) is 8. The number of carbonyl (C=O) groups is 1. The molecule has 0 aromatic heterocycles. The Morgan fingerprint density at radius 3 is 1.86 bits per heavy atom. The number of rotatable bonds is 17. The predicted octanol–water partition coefficient (Wildman–Crippen LogP) is 1.79. The summed E-state index contributed by atoms with van der Waals surface area (Å²) in [4.78, 5) is 18.9. The lowest BCUT2D eigenvalue weighted by Gasteiger charge is -2.41. The van der Waals surface area contributed by atoms with Gasteiger partial charge in [0.1, 0.15) is 26.4 Å². The van der Waals surface area contributed by atoms with Crippen LogP contribution in [0.25, 0.3) is 27.1 Å². The molecule has 1 fully saturated rings. The van der Waals surface area contributed by atoms with Crippen LogP contribution in [-0.2, 0) is 61.1 Å². The minimum atomic E-state index is -5.00. The van der Waals surface area contributed by atoms with Crippen LogP contribution in [0.4, 0.5) is 17.1 Å². The Balaban J connectivity index is 1.23. The van der Waals surface area contributed by atoms with Gasteiger partial charge in [0.05, 0.1) is 17.4 Å². The van der Waals surface area contributed by atoms with Crippen molar-refractivity contribution in [3.05, 3.63) is 76.8 Å². The van der Waals surface area contributed by atoms with Crippen LogP contribution in [0.1, 0.15) is 11.5 Å². The summed E-state index contributed by atoms with van der Waals surface area (Å²) in [6, 6.07) is 16.6. The van der Waals surface area contributed by atoms with Crippen LogP contribution in [0.2, 0.25) is 0 Å². The standard InChI is InChI=1S/C30H28N4O18S4/c35-27-25(17-7-9-21-23-15(17)3-1-5-19(23)31-29(33-21,11-45-53-51-49-37)12-46-54-52-50-38)28(36)26(27)18-8-10-22-24-16(18)4-2-6-20(24)32-30(34-22,13-47-55(39,40)41)14-48-56(42,43)44/h1-10,26-27,31-32,34-35,37-38H,11-14H2,(H,39,40,41)(H,42,43,44). The molecule has 2 atom stereocenters. The first-order valence-electron chi connectivity index (χ1n) is 15.7. The molecule has 3 aliphatic rings. The summed E-state index contributed by atoms with van der Waals surface area (Å²) >= 11 is 0.635. The molecule has 0 radical (unpaired) electrons. The highest BCUT2D eigenvalue weighted by atomic mass is 32.3. The van der Waals surface area contributed by atoms with Gasteiger partial charge < -0.3 is 21.1 Å². The maximum atomic E-state index is 14.1. The van der Waals surface area contributed by atoms with Gasteiger partial charge in [-0.2, -0.15) is 16.8 Å². The first-order chi connectivity index (χ1) is 26.7. The van der Waals surface area contributed by atoms with E-state index in [9.17, 15) is 35.8 Å². The van der Waals surface area contributed by atoms with Crippen molar-refractivity contribution in [2.24, 2.45) is 4.99 Å². The fourth-order valence-electron chi connectivity index (χ4n) is 6.94. The van der Waals surface area contributed by atoms with Crippen LogP contribution in [-0.4, -0.2) is 91.2 Å². The molecule has 0 spiro atoms. The largest absolute Gasteiger partial charge is 0.397 e. The fourth-order valence-corrected chi connectivity index (χ4v) is 8.25. The molecule has 2 aliphatic heterocycles. The summed E-state index contributed by atoms with van der Waals surface area (Å²) in [5.41, 5.74) is -1.38. The lowest BCUT2D eigenvalue weighted by molar-refractivity contribution is -0.434. The van der Waals surface area contributed by atoms with Gasteiger partial charge in [-0.15, -0.1) is 8.67 Å². The van der Waals surface area contributed by atoms with Crippen molar-refractivity contribution in [2.45, 2.75) is 23.3 Å². The van der Waals surface area contributed by atoms with E-state index in [2.05, 4.69) is 43.1 Å². The van der Waals surface area contributed by atoms with Gasteiger partial charge in [0, 0.05) is 33.4 Å². The second kappa shape index (κ2) is 15.9. The second-order valence-corrected chi connectivity index (χ2v) is 15.6. The van der Waals surface area contributed by atoms with Gasteiger partial charge in [-0.1, -0.05) is 46.5 Å². The van der Waals surface area contributed by atoms with E-state index in [1.165, 1.54) is 6.07 Å². The summed E-state index contributed by atoms with van der Waals surface area (Å²) in [6.45, 7) is -2.21. The van der Waals surface area contributed by atoms with Crippen molar-refractivity contribution in [1.82, 2.24) is 0 Å². The van der Waals surface area contributed by atoms with E-state index >= 15 is 0 Å². The highest BCUT2D eigenvalue weighted by molar-refractivity contribution is 7.90. The van der Waals surface area contributed by atoms with Crippen molar-refractivity contribution in [3.63, 3.8) is 0 Å². The average molecular weight is 861 g/mol. The molecule has 2 heterocycles. The molecule has 1 saturated carbocycles. The monoisotopic (exact) mass is 860 g/mol. The number of benzene rings is 4. The molecule has 4 aromatic rings. The van der Waals surface area contributed by atoms with E-state index in [1.807, 2.05) is 0 Å². The van der Waals surface area contributed by atoms with Gasteiger partial charge in [0.25, 0.3) is 0 Å². The Morgan fingerprint density at radius 1 is 0.714 bits per heavy atom. The molecule has 0 bridgehead atoms. The zero-order valence-corrected chi connectivity index (χ0v) is 31.1. The normalized spacial score (nSPS) is 20.5. The smallest absolute Gasteiger partial charge is 0.387 e. The predicted molar refractivity (Wildman–Crippen MR) is 194 cm³/mol. The van der Waals surface area contributed by atoms with E-state index in [0.29, 0.717) is 79.4 Å². The molecule has 300 valence electrons. The second-order valence-electron chi connectivity index (χ2n) is 12.4. The summed E-state index contributed by atoms with van der Waals surface area (Å²) < 4.78 is 92.5. The molecule has 2 unspecified atom stereocenters. The number of Topliss-reactive ketones (excluding diaryl/α,β-unsaturated/α-hetero) is 1. The Kier molecular flexibility index (Phi) is 11.5. The van der Waals surface area contributed by atoms with E-state index in [-0.39, 0.29) is 24.6 Å². The first-order valence-corrected chi connectivity index (χ1v) is 19.8. The Morgan fingerprint density at radius 2 is 1.29 bits per heavy atom. The molecule has 0 saturated heterocycles. The summed E-state index contributed by atoms with van der Waals surface area (Å²) in [5, 5.41) is 47.8. The van der Waals surface area contributed by atoms with Gasteiger partial charge in [0.2, 0.25) is 0 Å². The number of nitrogens with one attached hydrogen (secondary N) is 3. The highest BCUT2D eigenvalue weighted by Gasteiger charge is 2.47. The van der Waals surface area contributed by atoms with Gasteiger partial charge >= 0.3 is 20.8 Å². The molecular weight excluding hydrogens is 833 g/mol. The van der Waals surface area contributed by atoms with E-state index < -0.39 is 57.4 Å². The molecule has 0 amide bonds. The average Bonchev–Trinajstić information content (AvgIpc) is 3.15. The van der Waals surface area contributed by atoms with Crippen LogP contribution in [0, 0.1) is 0 Å². The van der Waals surface area contributed by atoms with E-state index in [4.69, 9.17) is 23.9 Å². The molecule has 22 nitrogen and oxygen atoms in total. The molecule has 7 rings (SSSR count). The third kappa shape index (κ3) is 8.14. The Bertz CT molecular complexity index is 2480. The SMILES string of the molecule is O=C1C(=c2ccc3c4c(cccc24)NC(COSOOO)(COSOOO)N=3)C(O)C1c1ccc2c3c(cccc13)NC(COS(=O)(=O)O)(COS(=O)(=O)O)N2. The van der Waals surface area contributed by atoms with Crippen molar-refractivity contribution in [1.29, 1.82) is 0 Å². The number of aliphatic hydroxyl groups excluding tert-OH is 1. The Hall–Kier alpha value is -3.78. The van der Waals surface area contributed by atoms with Crippen molar-refractivity contribution in [3.8, 4) is 0 Å². The third-order valence-electron chi connectivity index (χ3n) is 9.04. The maximum absolute atomic E-state index is 14.1. The molecule has 1 aliphatic carbocycles. The van der Waals surface area contributed by atoms with Crippen LogP contribution in [0.5, 0.6) is 0 Å². The molecular formula is C30H28N4O18S4. The zero-order chi connectivity index (χ0) is 39.9. The fraction of sp³-hybridized carbons (Fsp3) is 0.267. The topological polar surface area (TPSA) is 309 Å². The quantitative estimate of drug-likeness (QED) is 0.0247. The van der Waals surface area contributed by atoms with Crippen molar-refractivity contribution < 1.29 is 81.8 Å². The van der Waals surface area contributed by atoms with Gasteiger partial charge in [-0.3, -0.25) is 27.3 Å². The summed E-state index contributed by atoms with van der Waals surface area (Å²) in [5.74, 6) is -1.37. The summed E-state index contributed by atoms with van der Waals surface area (Å²) in [7, 11) is -9.99. The number of carbonyl (C=O) groups excluding carboxylic acids is 1. The number of aliphatic hydroxyl groups is 1. The lowest BCUT2D eigenvalue weighted by atomic mass is 9.69. The van der Waals surface area contributed by atoms with Gasteiger partial charge in [-0.25, -0.2) is 18.9 Å². The van der Waals surface area contributed by atoms with Crippen LogP contribution in [0.15, 0.2) is 65.7 Å². The maximum Gasteiger partial charge on any atom is 0.397 e. The molecule has 8 N–H and O–H groups in total. The van der Waals surface area contributed by atoms with Crippen LogP contribution < -0.4 is 26.5 Å². The minimum absolute atomic E-state index is 0.151. The van der Waals surface area contributed by atoms with Crippen LogP contribution in [0.3, 0.4) is 0 Å². The highest BCUT2D eigenvalue weighted by Crippen LogP contribution is 2.46. The van der Waals surface area contributed by atoms with E-state index in [1.54, 1.807) is 54.6 Å². The zero-order valence-electron chi connectivity index (χ0n) is 27.9. The molecule has 56 heavy (non-hydrogen) atoms. The summed E-state index contributed by atoms with van der Waals surface area (Å²) in [6.07, 6.45) is -1.27. The lowest BCUT2D eigenvalue weighted by Crippen LogP contribution is -2.56. The van der Waals surface area contributed by atoms with Crippen molar-refractivity contribution >= 4 is 95.4 Å². The van der Waals surface area contributed by atoms with Gasteiger partial charge in [-0.05, 0) is 45.8 Å². The number of ketones is 1. The molecule has 26 heteroatoms. The number of anilines is 3. The van der Waals surface area contributed by atoms with Crippen LogP contribution >= 0.6 is 24.6 Å². The van der Waals surface area contributed by atoms with E-state index in [0.717, 1.165) is 0 Å². The van der Waals surface area contributed by atoms with Crippen molar-refractivity contribution in [2.75, 3.05) is 42.4 Å². The number of hydrogen-bond acceptors (Lipinski definition) is 22.